The topological polar surface area (TPSA) is 77.9 Å². The normalized spacial score (nSPS) is 11.0. The summed E-state index contributed by atoms with van der Waals surface area (Å²) in [5.41, 5.74) is 1.23. The number of carboxylic acid groups (broad SMARTS) is 1. The molecule has 2 rings (SSSR count). The molecule has 0 fully saturated rings. The summed E-state index contributed by atoms with van der Waals surface area (Å²) in [6.07, 6.45) is 2.59. The Labute approximate surface area is 128 Å². The third kappa shape index (κ3) is 3.91. The Morgan fingerprint density at radius 1 is 1.19 bits per heavy atom. The number of aliphatic carboxylic acids is 1. The van der Waals surface area contributed by atoms with E-state index in [0.717, 1.165) is 41.2 Å². The van der Waals surface area contributed by atoms with Crippen molar-refractivity contribution >= 4 is 33.3 Å². The van der Waals surface area contributed by atoms with Crippen LogP contribution in [0.2, 0.25) is 0 Å². The van der Waals surface area contributed by atoms with Gasteiger partial charge in [-0.25, -0.2) is 9.97 Å². The van der Waals surface area contributed by atoms with E-state index in [4.69, 9.17) is 0 Å². The van der Waals surface area contributed by atoms with Gasteiger partial charge < -0.3 is 15.2 Å². The number of carbonyl (C=O) groups excluding carboxylic acids is 1. The zero-order valence-electron chi connectivity index (χ0n) is 12.7. The molecule has 114 valence electrons. The van der Waals surface area contributed by atoms with E-state index in [0.29, 0.717) is 6.42 Å². The van der Waals surface area contributed by atoms with E-state index in [-0.39, 0.29) is 6.42 Å². The Bertz CT molecular complexity index is 652. The molecule has 0 spiro atoms. The highest BCUT2D eigenvalue weighted by molar-refractivity contribution is 7.18. The first-order valence-corrected chi connectivity index (χ1v) is 7.98. The molecular formula is C15H20N3O2S-. The molecule has 0 saturated heterocycles. The molecule has 5 nitrogen and oxygen atoms in total. The number of carbonyl (C=O) groups is 1. The van der Waals surface area contributed by atoms with Crippen LogP contribution in [0.3, 0.4) is 0 Å². The molecule has 1 N–H and O–H groups in total. The fraction of sp³-hybridized carbons (Fsp3) is 0.533. The fourth-order valence-electron chi connectivity index (χ4n) is 2.26. The maximum absolute atomic E-state index is 10.3. The van der Waals surface area contributed by atoms with Crippen LogP contribution in [0.1, 0.15) is 41.9 Å². The molecule has 0 aliphatic heterocycles. The molecule has 0 amide bonds. The van der Waals surface area contributed by atoms with E-state index in [1.165, 1.54) is 10.4 Å². The second kappa shape index (κ2) is 6.85. The summed E-state index contributed by atoms with van der Waals surface area (Å²) in [4.78, 5) is 21.6. The molecule has 2 aromatic rings. The Morgan fingerprint density at radius 3 is 2.67 bits per heavy atom. The number of hydrogen-bond donors (Lipinski definition) is 1. The van der Waals surface area contributed by atoms with Gasteiger partial charge in [0.1, 0.15) is 16.5 Å². The zero-order valence-corrected chi connectivity index (χ0v) is 13.5. The summed E-state index contributed by atoms with van der Waals surface area (Å²) in [6, 6.07) is 0. The van der Waals surface area contributed by atoms with Gasteiger partial charge in [-0.1, -0.05) is 6.42 Å². The summed E-state index contributed by atoms with van der Waals surface area (Å²) < 4.78 is 0. The van der Waals surface area contributed by atoms with Gasteiger partial charge >= 0.3 is 0 Å². The van der Waals surface area contributed by atoms with Crippen LogP contribution in [-0.4, -0.2) is 22.5 Å². The van der Waals surface area contributed by atoms with Gasteiger partial charge in [-0.05, 0) is 45.6 Å². The molecule has 0 radical (unpaired) electrons. The molecule has 21 heavy (non-hydrogen) atoms. The number of fused-ring (bicyclic) bond motifs is 1. The Kier molecular flexibility index (Phi) is 5.12. The van der Waals surface area contributed by atoms with Crippen molar-refractivity contribution in [3.05, 3.63) is 16.3 Å². The van der Waals surface area contributed by atoms with Gasteiger partial charge in [0.05, 0.1) is 5.39 Å². The van der Waals surface area contributed by atoms with Crippen LogP contribution in [0.4, 0.5) is 5.82 Å². The van der Waals surface area contributed by atoms with Gasteiger partial charge in [0.25, 0.3) is 0 Å². The first-order valence-electron chi connectivity index (χ1n) is 7.17. The van der Waals surface area contributed by atoms with Crippen molar-refractivity contribution < 1.29 is 9.90 Å². The average Bonchev–Trinajstić information content (AvgIpc) is 2.68. The molecule has 2 heterocycles. The van der Waals surface area contributed by atoms with E-state index in [1.807, 2.05) is 6.92 Å². The maximum atomic E-state index is 10.3. The van der Waals surface area contributed by atoms with Crippen molar-refractivity contribution in [3.63, 3.8) is 0 Å². The molecular weight excluding hydrogens is 286 g/mol. The van der Waals surface area contributed by atoms with E-state index in [2.05, 4.69) is 29.1 Å². The number of carboxylic acids is 1. The minimum absolute atomic E-state index is 0.139. The molecule has 0 saturated carbocycles. The smallest absolute Gasteiger partial charge is 0.138 e. The number of nitrogens with zero attached hydrogens (tertiary/aromatic N) is 2. The third-order valence-electron chi connectivity index (χ3n) is 3.49. The molecule has 0 aliphatic rings. The number of hydrogen-bond acceptors (Lipinski definition) is 6. The van der Waals surface area contributed by atoms with Gasteiger partial charge in [0, 0.05) is 17.4 Å². The highest BCUT2D eigenvalue weighted by Gasteiger charge is 2.12. The van der Waals surface area contributed by atoms with Gasteiger partial charge in [0.15, 0.2) is 0 Å². The number of anilines is 1. The van der Waals surface area contributed by atoms with Crippen LogP contribution in [0.25, 0.3) is 10.2 Å². The van der Waals surface area contributed by atoms with Crippen molar-refractivity contribution in [1.82, 2.24) is 9.97 Å². The lowest BCUT2D eigenvalue weighted by molar-refractivity contribution is -0.305. The lowest BCUT2D eigenvalue weighted by Gasteiger charge is -2.08. The standard InChI is InChI=1S/C15H21N3O2S/c1-9-10(2)21-15-13(9)14(17-11(3)18-15)16-8-6-4-5-7-12(19)20/h4-8H2,1-3H3,(H,19,20)(H,16,17,18)/p-1. The zero-order chi connectivity index (χ0) is 15.4. The fourth-order valence-corrected chi connectivity index (χ4v) is 3.34. The van der Waals surface area contributed by atoms with Crippen LogP contribution >= 0.6 is 11.3 Å². The molecule has 0 aliphatic carbocycles. The van der Waals surface area contributed by atoms with E-state index in [1.54, 1.807) is 11.3 Å². The van der Waals surface area contributed by atoms with Crippen LogP contribution in [0.5, 0.6) is 0 Å². The number of thiophene rings is 1. The van der Waals surface area contributed by atoms with Crippen LogP contribution < -0.4 is 10.4 Å². The summed E-state index contributed by atoms with van der Waals surface area (Å²) in [6.45, 7) is 6.88. The number of aromatic nitrogens is 2. The van der Waals surface area contributed by atoms with Crippen molar-refractivity contribution in [2.75, 3.05) is 11.9 Å². The Hall–Kier alpha value is -1.69. The number of aryl methyl sites for hydroxylation is 3. The lowest BCUT2D eigenvalue weighted by Crippen LogP contribution is -2.21. The Balaban J connectivity index is 2.00. The van der Waals surface area contributed by atoms with Gasteiger partial charge in [-0.15, -0.1) is 11.3 Å². The summed E-state index contributed by atoms with van der Waals surface area (Å²) in [7, 11) is 0. The molecule has 2 aromatic heterocycles. The summed E-state index contributed by atoms with van der Waals surface area (Å²) in [5, 5.41) is 14.8. The highest BCUT2D eigenvalue weighted by Crippen LogP contribution is 2.33. The number of rotatable bonds is 7. The van der Waals surface area contributed by atoms with Crippen molar-refractivity contribution in [3.8, 4) is 0 Å². The van der Waals surface area contributed by atoms with E-state index < -0.39 is 5.97 Å². The van der Waals surface area contributed by atoms with Gasteiger partial charge in [0.2, 0.25) is 0 Å². The summed E-state index contributed by atoms with van der Waals surface area (Å²) in [5.74, 6) is 0.683. The molecule has 0 atom stereocenters. The summed E-state index contributed by atoms with van der Waals surface area (Å²) >= 11 is 1.69. The largest absolute Gasteiger partial charge is 0.550 e. The molecule has 0 bridgehead atoms. The molecule has 0 unspecified atom stereocenters. The minimum Gasteiger partial charge on any atom is -0.550 e. The number of unbranched alkanes of at least 4 members (excludes halogenated alkanes) is 2. The SMILES string of the molecule is Cc1nc(NCCCCCC(=O)[O-])c2c(C)c(C)sc2n1. The quantitative estimate of drug-likeness (QED) is 0.794. The predicted octanol–water partition coefficient (Wildman–Crippen LogP) is 2.34. The molecule has 0 aromatic carbocycles. The van der Waals surface area contributed by atoms with Crippen LogP contribution in [0, 0.1) is 20.8 Å². The third-order valence-corrected chi connectivity index (χ3v) is 4.59. The van der Waals surface area contributed by atoms with Gasteiger partial charge in [-0.2, -0.15) is 0 Å². The highest BCUT2D eigenvalue weighted by atomic mass is 32.1. The van der Waals surface area contributed by atoms with Crippen LogP contribution in [0.15, 0.2) is 0 Å². The van der Waals surface area contributed by atoms with Crippen LogP contribution in [-0.2, 0) is 4.79 Å². The maximum Gasteiger partial charge on any atom is 0.138 e. The van der Waals surface area contributed by atoms with Crippen molar-refractivity contribution in [2.24, 2.45) is 0 Å². The van der Waals surface area contributed by atoms with Gasteiger partial charge in [-0.3, -0.25) is 0 Å². The Morgan fingerprint density at radius 2 is 1.95 bits per heavy atom. The van der Waals surface area contributed by atoms with Crippen molar-refractivity contribution in [1.29, 1.82) is 0 Å². The predicted molar refractivity (Wildman–Crippen MR) is 83.6 cm³/mol. The lowest BCUT2D eigenvalue weighted by atomic mass is 10.2. The second-order valence-electron chi connectivity index (χ2n) is 5.19. The molecule has 6 heteroatoms. The monoisotopic (exact) mass is 306 g/mol. The first kappa shape index (κ1) is 15.7. The van der Waals surface area contributed by atoms with E-state index in [9.17, 15) is 9.90 Å². The first-order chi connectivity index (χ1) is 9.99. The van der Waals surface area contributed by atoms with Crippen molar-refractivity contribution in [2.45, 2.75) is 46.5 Å². The minimum atomic E-state index is -0.972. The van der Waals surface area contributed by atoms with E-state index >= 15 is 0 Å². The second-order valence-corrected chi connectivity index (χ2v) is 6.40. The average molecular weight is 306 g/mol. The number of nitrogens with one attached hydrogen (secondary N) is 1.